The number of hydrogen-bond donors (Lipinski definition) is 2. The van der Waals surface area contributed by atoms with E-state index in [2.05, 4.69) is 58.1 Å². The lowest BCUT2D eigenvalue weighted by molar-refractivity contribution is 0.482. The molecule has 2 heterocycles. The van der Waals surface area contributed by atoms with Gasteiger partial charge >= 0.3 is 0 Å². The van der Waals surface area contributed by atoms with E-state index in [1.807, 2.05) is 36.8 Å². The quantitative estimate of drug-likeness (QED) is 0.569. The topological polar surface area (TPSA) is 46.2 Å². The zero-order valence-corrected chi connectivity index (χ0v) is 15.9. The van der Waals surface area contributed by atoms with Gasteiger partial charge in [0.05, 0.1) is 0 Å². The Kier molecular flexibility index (Phi) is 6.00. The lowest BCUT2D eigenvalue weighted by Gasteiger charge is -2.11. The second-order valence-electron chi connectivity index (χ2n) is 6.93. The van der Waals surface area contributed by atoms with Crippen LogP contribution in [0.5, 0.6) is 11.5 Å². The Morgan fingerprint density at radius 2 is 1.75 bits per heavy atom. The molecule has 2 aromatic carbocycles. The van der Waals surface area contributed by atoms with E-state index in [0.717, 1.165) is 49.5 Å². The smallest absolute Gasteiger partial charge is 0.129 e. The Morgan fingerprint density at radius 3 is 2.61 bits per heavy atom. The summed E-state index contributed by atoms with van der Waals surface area (Å²) in [4.78, 5) is 4.05. The maximum atomic E-state index is 6.03. The van der Waals surface area contributed by atoms with Crippen LogP contribution in [0.1, 0.15) is 23.1 Å². The molecule has 1 aliphatic heterocycles. The van der Waals surface area contributed by atoms with Crippen LogP contribution in [0.2, 0.25) is 0 Å². The van der Waals surface area contributed by atoms with Gasteiger partial charge in [-0.2, -0.15) is 0 Å². The van der Waals surface area contributed by atoms with E-state index in [1.54, 1.807) is 0 Å². The van der Waals surface area contributed by atoms with Crippen molar-refractivity contribution in [2.24, 2.45) is 0 Å². The fourth-order valence-corrected chi connectivity index (χ4v) is 3.27. The molecule has 0 saturated carbocycles. The molecule has 0 spiro atoms. The van der Waals surface area contributed by atoms with Gasteiger partial charge in [0.25, 0.3) is 0 Å². The van der Waals surface area contributed by atoms with Crippen LogP contribution >= 0.6 is 0 Å². The second kappa shape index (κ2) is 9.20. The van der Waals surface area contributed by atoms with Crippen LogP contribution < -0.4 is 15.4 Å². The molecule has 1 aliphatic rings. The number of nitrogens with zero attached hydrogens (tertiary/aromatic N) is 1. The molecule has 0 amide bonds. The first-order chi connectivity index (χ1) is 13.9. The molecular weight excluding hydrogens is 346 g/mol. The second-order valence-corrected chi connectivity index (χ2v) is 6.93. The third-order valence-corrected chi connectivity index (χ3v) is 4.85. The maximum Gasteiger partial charge on any atom is 0.129 e. The first kappa shape index (κ1) is 18.3. The minimum Gasteiger partial charge on any atom is -0.457 e. The van der Waals surface area contributed by atoms with Crippen molar-refractivity contribution in [2.45, 2.75) is 25.8 Å². The van der Waals surface area contributed by atoms with Crippen LogP contribution in [0.15, 0.2) is 79.3 Å². The highest BCUT2D eigenvalue weighted by Gasteiger charge is 2.06. The Bertz CT molecular complexity index is 920. The maximum absolute atomic E-state index is 6.03. The highest BCUT2D eigenvalue weighted by atomic mass is 16.5. The van der Waals surface area contributed by atoms with E-state index < -0.39 is 0 Å². The number of benzene rings is 2. The van der Waals surface area contributed by atoms with Crippen LogP contribution in [0.3, 0.4) is 0 Å². The summed E-state index contributed by atoms with van der Waals surface area (Å²) in [6.07, 6.45) is 11.0. The number of rotatable bonds is 7. The minimum absolute atomic E-state index is 0.848. The van der Waals surface area contributed by atoms with E-state index in [1.165, 1.54) is 16.7 Å². The molecule has 142 valence electrons. The molecule has 0 bridgehead atoms. The third-order valence-electron chi connectivity index (χ3n) is 4.85. The Morgan fingerprint density at radius 1 is 0.929 bits per heavy atom. The molecule has 0 radical (unpaired) electrons. The van der Waals surface area contributed by atoms with Gasteiger partial charge in [0.2, 0.25) is 0 Å². The number of anilines is 1. The average molecular weight is 371 g/mol. The molecule has 2 N–H and O–H groups in total. The summed E-state index contributed by atoms with van der Waals surface area (Å²) in [5, 5.41) is 6.81. The monoisotopic (exact) mass is 371 g/mol. The van der Waals surface area contributed by atoms with E-state index in [4.69, 9.17) is 4.74 Å². The van der Waals surface area contributed by atoms with Gasteiger partial charge in [0.15, 0.2) is 0 Å². The summed E-state index contributed by atoms with van der Waals surface area (Å²) in [7, 11) is 0. The van der Waals surface area contributed by atoms with Crippen molar-refractivity contribution in [3.63, 3.8) is 0 Å². The lowest BCUT2D eigenvalue weighted by Crippen LogP contribution is -2.16. The zero-order valence-electron chi connectivity index (χ0n) is 15.9. The van der Waals surface area contributed by atoms with Crippen molar-refractivity contribution in [1.29, 1.82) is 0 Å². The van der Waals surface area contributed by atoms with Gasteiger partial charge in [-0.25, -0.2) is 0 Å². The minimum atomic E-state index is 0.848. The first-order valence-corrected chi connectivity index (χ1v) is 9.78. The molecule has 4 heteroatoms. The summed E-state index contributed by atoms with van der Waals surface area (Å²) in [6, 6.07) is 18.6. The Hall–Kier alpha value is -3.11. The highest BCUT2D eigenvalue weighted by Crippen LogP contribution is 2.29. The van der Waals surface area contributed by atoms with Gasteiger partial charge in [-0.15, -0.1) is 0 Å². The van der Waals surface area contributed by atoms with Gasteiger partial charge in [0, 0.05) is 30.7 Å². The van der Waals surface area contributed by atoms with Crippen LogP contribution in [-0.2, 0) is 19.4 Å². The molecule has 0 saturated heterocycles. The number of pyridine rings is 1. The standard InChI is InChI=1S/C24H25N3O/c1-2-13-27-24-17-23(9-6-21(24)3-1)28-22-7-4-20(5-8-22)18-26-16-12-19-10-14-25-15-11-19/h2,4-11,13-15,17,26-27H,1,3,12,16,18H2. The van der Waals surface area contributed by atoms with Crippen molar-refractivity contribution in [2.75, 3.05) is 11.9 Å². The number of ether oxygens (including phenoxy) is 1. The number of aryl methyl sites for hydroxylation is 1. The molecule has 0 aliphatic carbocycles. The number of fused-ring (bicyclic) bond motifs is 1. The summed E-state index contributed by atoms with van der Waals surface area (Å²) < 4.78 is 6.03. The fraction of sp³-hybridized carbons (Fsp3) is 0.208. The fourth-order valence-electron chi connectivity index (χ4n) is 3.27. The summed E-state index contributed by atoms with van der Waals surface area (Å²) >= 11 is 0. The van der Waals surface area contributed by atoms with Gasteiger partial charge in [-0.1, -0.05) is 24.3 Å². The summed E-state index contributed by atoms with van der Waals surface area (Å²) in [5.41, 5.74) is 5.00. The largest absolute Gasteiger partial charge is 0.457 e. The highest BCUT2D eigenvalue weighted by molar-refractivity contribution is 5.58. The van der Waals surface area contributed by atoms with Crippen LogP contribution in [-0.4, -0.2) is 11.5 Å². The van der Waals surface area contributed by atoms with Crippen LogP contribution in [0.4, 0.5) is 5.69 Å². The molecule has 4 rings (SSSR count). The number of nitrogens with one attached hydrogen (secondary N) is 2. The zero-order chi connectivity index (χ0) is 19.0. The van der Waals surface area contributed by atoms with Gasteiger partial charge in [-0.3, -0.25) is 4.98 Å². The Balaban J connectivity index is 1.28. The molecule has 4 nitrogen and oxygen atoms in total. The van der Waals surface area contributed by atoms with Gasteiger partial charge in [-0.05, 0) is 79.0 Å². The molecule has 0 unspecified atom stereocenters. The molecule has 0 fully saturated rings. The van der Waals surface area contributed by atoms with Crippen LogP contribution in [0, 0.1) is 0 Å². The first-order valence-electron chi connectivity index (χ1n) is 9.78. The summed E-state index contributed by atoms with van der Waals surface area (Å²) in [5.74, 6) is 1.70. The molecule has 1 aromatic heterocycles. The normalized spacial score (nSPS) is 12.7. The van der Waals surface area contributed by atoms with Crippen molar-refractivity contribution in [1.82, 2.24) is 10.3 Å². The Labute approximate surface area is 166 Å². The van der Waals surface area contributed by atoms with Gasteiger partial charge < -0.3 is 15.4 Å². The van der Waals surface area contributed by atoms with Gasteiger partial charge in [0.1, 0.15) is 11.5 Å². The summed E-state index contributed by atoms with van der Waals surface area (Å²) in [6.45, 7) is 1.79. The lowest BCUT2D eigenvalue weighted by atomic mass is 10.1. The van der Waals surface area contributed by atoms with E-state index in [0.29, 0.717) is 0 Å². The molecule has 0 atom stereocenters. The van der Waals surface area contributed by atoms with Crippen molar-refractivity contribution < 1.29 is 4.74 Å². The number of allylic oxidation sites excluding steroid dienone is 1. The SMILES string of the molecule is C1=CNc2cc(Oc3ccc(CNCCc4ccncc4)cc3)ccc2CC1. The molecular formula is C24H25N3O. The van der Waals surface area contributed by atoms with Crippen molar-refractivity contribution in [3.8, 4) is 11.5 Å². The number of aromatic nitrogens is 1. The predicted molar refractivity (Wildman–Crippen MR) is 114 cm³/mol. The van der Waals surface area contributed by atoms with Crippen LogP contribution in [0.25, 0.3) is 0 Å². The number of hydrogen-bond acceptors (Lipinski definition) is 4. The molecule has 3 aromatic rings. The van der Waals surface area contributed by atoms with Crippen molar-refractivity contribution in [3.05, 3.63) is 96.0 Å². The molecule has 28 heavy (non-hydrogen) atoms. The van der Waals surface area contributed by atoms with Crippen molar-refractivity contribution >= 4 is 5.69 Å². The van der Waals surface area contributed by atoms with E-state index >= 15 is 0 Å². The average Bonchev–Trinajstić information content (AvgIpc) is 2.98. The van der Waals surface area contributed by atoms with E-state index in [9.17, 15) is 0 Å². The van der Waals surface area contributed by atoms with E-state index in [-0.39, 0.29) is 0 Å². The predicted octanol–water partition coefficient (Wildman–Crippen LogP) is 5.08. The third kappa shape index (κ3) is 4.99.